The Morgan fingerprint density at radius 3 is 2.21 bits per heavy atom. The summed E-state index contributed by atoms with van der Waals surface area (Å²) >= 11 is 5.45. The minimum absolute atomic E-state index is 0.0281. The molecular formula is C9H18ClNO2S. The lowest BCUT2D eigenvalue weighted by Gasteiger charge is -2.33. The van der Waals surface area contributed by atoms with Gasteiger partial charge in [-0.3, -0.25) is 0 Å². The van der Waals surface area contributed by atoms with E-state index in [9.17, 15) is 8.42 Å². The van der Waals surface area contributed by atoms with Crippen LogP contribution in [-0.4, -0.2) is 36.4 Å². The molecule has 0 unspecified atom stereocenters. The van der Waals surface area contributed by atoms with Crippen LogP contribution in [-0.2, 0) is 10.0 Å². The van der Waals surface area contributed by atoms with Crippen molar-refractivity contribution in [2.45, 2.75) is 26.3 Å². The van der Waals surface area contributed by atoms with Crippen molar-refractivity contribution < 1.29 is 8.42 Å². The summed E-state index contributed by atoms with van der Waals surface area (Å²) < 4.78 is 24.9. The predicted octanol–water partition coefficient (Wildman–Crippen LogP) is 1.84. The van der Waals surface area contributed by atoms with Gasteiger partial charge in [0.1, 0.15) is 0 Å². The molecular weight excluding hydrogens is 222 g/mol. The summed E-state index contributed by atoms with van der Waals surface area (Å²) in [7, 11) is -3.26. The Morgan fingerprint density at radius 2 is 1.93 bits per heavy atom. The van der Waals surface area contributed by atoms with Crippen molar-refractivity contribution in [1.82, 2.24) is 4.31 Å². The van der Waals surface area contributed by atoms with E-state index in [0.29, 0.717) is 6.54 Å². The molecule has 0 aromatic heterocycles. The van der Waals surface area contributed by atoms with Gasteiger partial charge in [-0.2, -0.15) is 4.31 Å². The smallest absolute Gasteiger partial charge is 0.212 e. The van der Waals surface area contributed by atoms with Gasteiger partial charge in [0.2, 0.25) is 10.0 Å². The maximum Gasteiger partial charge on any atom is 0.216 e. The van der Waals surface area contributed by atoms with Crippen LogP contribution in [0.5, 0.6) is 0 Å². The molecule has 14 heavy (non-hydrogen) atoms. The third kappa shape index (κ3) is 3.98. The number of sulfonamides is 1. The van der Waals surface area contributed by atoms with Gasteiger partial charge in [0.25, 0.3) is 0 Å². The van der Waals surface area contributed by atoms with Crippen molar-refractivity contribution in [3.63, 3.8) is 0 Å². The van der Waals surface area contributed by atoms with Crippen LogP contribution < -0.4 is 0 Å². The van der Waals surface area contributed by atoms with E-state index in [2.05, 4.69) is 6.58 Å². The van der Waals surface area contributed by atoms with E-state index in [1.165, 1.54) is 4.31 Å². The Bertz CT molecular complexity index is 280. The predicted molar refractivity (Wildman–Crippen MR) is 61.2 cm³/mol. The Balaban J connectivity index is 4.92. The summed E-state index contributed by atoms with van der Waals surface area (Å²) in [4.78, 5) is 0. The largest absolute Gasteiger partial charge is 0.216 e. The van der Waals surface area contributed by atoms with Crippen LogP contribution in [0.2, 0.25) is 0 Å². The molecule has 0 N–H and O–H groups in total. The lowest BCUT2D eigenvalue weighted by atomic mass is 10.1. The van der Waals surface area contributed by atoms with E-state index in [1.807, 2.05) is 20.8 Å². The van der Waals surface area contributed by atoms with Gasteiger partial charge >= 0.3 is 0 Å². The monoisotopic (exact) mass is 239 g/mol. The van der Waals surface area contributed by atoms with Crippen LogP contribution in [0.25, 0.3) is 0 Å². The van der Waals surface area contributed by atoms with E-state index in [0.717, 1.165) is 0 Å². The summed E-state index contributed by atoms with van der Waals surface area (Å²) in [5.41, 5.74) is -0.431. The van der Waals surface area contributed by atoms with Gasteiger partial charge in [-0.15, -0.1) is 18.2 Å². The molecule has 0 spiro atoms. The van der Waals surface area contributed by atoms with Crippen LogP contribution >= 0.6 is 11.6 Å². The fourth-order valence-electron chi connectivity index (χ4n) is 1.13. The van der Waals surface area contributed by atoms with Crippen molar-refractivity contribution in [3.8, 4) is 0 Å². The number of hydrogen-bond donors (Lipinski definition) is 0. The highest BCUT2D eigenvalue weighted by atomic mass is 35.5. The standard InChI is InChI=1S/C9H18ClNO2S/c1-5-7-11(9(2,3)4)14(12,13)8-6-10/h5H,1,6-8H2,2-4H3. The molecule has 5 heteroatoms. The SMILES string of the molecule is C=CCN(C(C)(C)C)S(=O)(=O)CCCl. The molecule has 0 aromatic rings. The first kappa shape index (κ1) is 13.9. The number of nitrogens with zero attached hydrogens (tertiary/aromatic N) is 1. The molecule has 0 atom stereocenters. The van der Waals surface area contributed by atoms with E-state index in [1.54, 1.807) is 6.08 Å². The van der Waals surface area contributed by atoms with E-state index in [-0.39, 0.29) is 11.6 Å². The molecule has 0 saturated heterocycles. The number of hydrogen-bond acceptors (Lipinski definition) is 2. The molecule has 3 nitrogen and oxygen atoms in total. The third-order valence-electron chi connectivity index (χ3n) is 1.71. The Labute approximate surface area is 91.8 Å². The van der Waals surface area contributed by atoms with Crippen LogP contribution in [0, 0.1) is 0 Å². The molecule has 0 aliphatic rings. The highest BCUT2D eigenvalue weighted by molar-refractivity contribution is 7.89. The van der Waals surface area contributed by atoms with Crippen molar-refractivity contribution in [2.24, 2.45) is 0 Å². The van der Waals surface area contributed by atoms with Crippen LogP contribution in [0.3, 0.4) is 0 Å². The molecule has 0 bridgehead atoms. The zero-order valence-electron chi connectivity index (χ0n) is 8.96. The molecule has 0 saturated carbocycles. The first-order chi connectivity index (χ1) is 6.25. The second-order valence-corrected chi connectivity index (χ2v) is 6.39. The average molecular weight is 240 g/mol. The highest BCUT2D eigenvalue weighted by Gasteiger charge is 2.30. The minimum Gasteiger partial charge on any atom is -0.212 e. The van der Waals surface area contributed by atoms with E-state index in [4.69, 9.17) is 11.6 Å². The molecule has 84 valence electrons. The molecule has 0 aromatic carbocycles. The highest BCUT2D eigenvalue weighted by Crippen LogP contribution is 2.18. The lowest BCUT2D eigenvalue weighted by molar-refractivity contribution is 0.270. The number of halogens is 1. The average Bonchev–Trinajstić information content (AvgIpc) is 1.97. The normalized spacial score (nSPS) is 13.2. The van der Waals surface area contributed by atoms with Crippen molar-refractivity contribution in [3.05, 3.63) is 12.7 Å². The maximum absolute atomic E-state index is 11.8. The Morgan fingerprint density at radius 1 is 1.43 bits per heavy atom. The van der Waals surface area contributed by atoms with Crippen LogP contribution in [0.15, 0.2) is 12.7 Å². The van der Waals surface area contributed by atoms with Gasteiger partial charge < -0.3 is 0 Å². The molecule has 0 aliphatic carbocycles. The molecule has 0 aliphatic heterocycles. The summed E-state index contributed by atoms with van der Waals surface area (Å²) in [6.07, 6.45) is 1.58. The van der Waals surface area contributed by atoms with Crippen LogP contribution in [0.4, 0.5) is 0 Å². The van der Waals surface area contributed by atoms with Gasteiger partial charge in [-0.1, -0.05) is 6.08 Å². The Hall–Kier alpha value is -0.0600. The zero-order valence-corrected chi connectivity index (χ0v) is 10.5. The Kier molecular flexibility index (Phi) is 5.12. The fourth-order valence-corrected chi connectivity index (χ4v) is 3.30. The molecule has 0 radical (unpaired) electrons. The van der Waals surface area contributed by atoms with E-state index >= 15 is 0 Å². The molecule has 0 heterocycles. The van der Waals surface area contributed by atoms with Gasteiger partial charge in [0, 0.05) is 18.0 Å². The molecule has 0 fully saturated rings. The molecule has 0 rings (SSSR count). The van der Waals surface area contributed by atoms with Crippen LogP contribution in [0.1, 0.15) is 20.8 Å². The van der Waals surface area contributed by atoms with Gasteiger partial charge in [0.05, 0.1) is 5.75 Å². The van der Waals surface area contributed by atoms with Crippen molar-refractivity contribution in [2.75, 3.05) is 18.2 Å². The minimum atomic E-state index is -3.26. The molecule has 0 amide bonds. The zero-order chi connectivity index (χ0) is 11.4. The van der Waals surface area contributed by atoms with Gasteiger partial charge in [-0.25, -0.2) is 8.42 Å². The van der Waals surface area contributed by atoms with Gasteiger partial charge in [-0.05, 0) is 20.8 Å². The summed E-state index contributed by atoms with van der Waals surface area (Å²) in [5.74, 6) is 0.0890. The first-order valence-electron chi connectivity index (χ1n) is 4.43. The number of rotatable bonds is 5. The summed E-state index contributed by atoms with van der Waals surface area (Å²) in [6.45, 7) is 9.42. The van der Waals surface area contributed by atoms with Crippen molar-refractivity contribution in [1.29, 1.82) is 0 Å². The van der Waals surface area contributed by atoms with E-state index < -0.39 is 15.6 Å². The lowest BCUT2D eigenvalue weighted by Crippen LogP contribution is -2.46. The number of alkyl halides is 1. The topological polar surface area (TPSA) is 37.4 Å². The second kappa shape index (κ2) is 5.14. The summed E-state index contributed by atoms with van der Waals surface area (Å²) in [5, 5.41) is 0. The maximum atomic E-state index is 11.8. The first-order valence-corrected chi connectivity index (χ1v) is 6.57. The third-order valence-corrected chi connectivity index (χ3v) is 4.22. The quantitative estimate of drug-likeness (QED) is 0.542. The second-order valence-electron chi connectivity index (χ2n) is 4.00. The summed E-state index contributed by atoms with van der Waals surface area (Å²) in [6, 6.07) is 0. The van der Waals surface area contributed by atoms with Gasteiger partial charge in [0.15, 0.2) is 0 Å². The van der Waals surface area contributed by atoms with Crippen molar-refractivity contribution >= 4 is 21.6 Å². The fraction of sp³-hybridized carbons (Fsp3) is 0.778.